The highest BCUT2D eigenvalue weighted by Gasteiger charge is 2.47. The monoisotopic (exact) mass is 203 g/mol. The number of sulfonamides is 1. The molecule has 0 spiro atoms. The van der Waals surface area contributed by atoms with Crippen LogP contribution in [0.25, 0.3) is 0 Å². The van der Waals surface area contributed by atoms with Gasteiger partial charge in [-0.1, -0.05) is 4.40 Å². The molecule has 0 aliphatic rings. The summed E-state index contributed by atoms with van der Waals surface area (Å²) in [7, 11) is -5.43. The molecular formula is C3F3NO4S. The molecule has 0 aliphatic carbocycles. The predicted molar refractivity (Wildman–Crippen MR) is 28.1 cm³/mol. The highest BCUT2D eigenvalue weighted by atomic mass is 32.2. The summed E-state index contributed by atoms with van der Waals surface area (Å²) in [5.74, 6) is 0. The lowest BCUT2D eigenvalue weighted by atomic mass is 10.8. The number of nitrogens with zero attached hydrogens (tertiary/aromatic N) is 1. The number of hydrogen-bond donors (Lipinski definition) is 0. The molecule has 0 unspecified atom stereocenters. The zero-order valence-corrected chi connectivity index (χ0v) is 5.94. The summed E-state index contributed by atoms with van der Waals surface area (Å²) in [5, 5.41) is -3.08. The Morgan fingerprint density at radius 1 is 1.33 bits per heavy atom. The first-order valence-electron chi connectivity index (χ1n) is 2.17. The summed E-state index contributed by atoms with van der Waals surface area (Å²) >= 11 is 0. The molecular weight excluding hydrogens is 203 g/mol. The fraction of sp³-hybridized carbons (Fsp3) is 0.333. The molecule has 0 atom stereocenters. The predicted octanol–water partition coefficient (Wildman–Crippen LogP) is -0.259. The summed E-state index contributed by atoms with van der Waals surface area (Å²) in [6.07, 6.45) is -5.23. The molecule has 0 aliphatic heterocycles. The minimum atomic E-state index is -5.56. The fourth-order valence-corrected chi connectivity index (χ4v) is 0.710. The van der Waals surface area contributed by atoms with E-state index in [9.17, 15) is 31.2 Å². The van der Waals surface area contributed by atoms with E-state index in [2.05, 4.69) is 0 Å². The first-order chi connectivity index (χ1) is 5.22. The summed E-state index contributed by atoms with van der Waals surface area (Å²) in [5.41, 5.74) is 0. The maximum absolute atomic E-state index is 11.3. The van der Waals surface area contributed by atoms with E-state index in [4.69, 9.17) is 0 Å². The van der Waals surface area contributed by atoms with E-state index in [1.807, 2.05) is 0 Å². The second kappa shape index (κ2) is 3.03. The van der Waals surface area contributed by atoms with E-state index in [-0.39, 0.29) is 0 Å². The van der Waals surface area contributed by atoms with Gasteiger partial charge < -0.3 is 0 Å². The largest absolute Gasteiger partial charge is 0.468 e. The molecule has 0 aromatic rings. The molecule has 12 heavy (non-hydrogen) atoms. The van der Waals surface area contributed by atoms with Crippen molar-refractivity contribution in [2.24, 2.45) is 4.40 Å². The van der Waals surface area contributed by atoms with Gasteiger partial charge in [-0.2, -0.15) is 21.6 Å². The van der Waals surface area contributed by atoms with Crippen molar-refractivity contribution in [2.45, 2.75) is 6.18 Å². The number of carbonyl (C=O) groups excluding carboxylic acids is 2. The molecule has 0 N–H and O–H groups in total. The van der Waals surface area contributed by atoms with Crippen LogP contribution < -0.4 is 0 Å². The maximum Gasteiger partial charge on any atom is 0.468 e. The minimum Gasteiger partial charge on any atom is -0.269 e. The molecule has 0 amide bonds. The van der Waals surface area contributed by atoms with Crippen LogP contribution in [0, 0.1) is 0 Å². The molecule has 9 heteroatoms. The Labute approximate surface area is 63.9 Å². The molecule has 0 fully saturated rings. The second-order valence-electron chi connectivity index (χ2n) is 1.44. The van der Waals surface area contributed by atoms with Gasteiger partial charge in [0.1, 0.15) is 0 Å². The molecule has 0 saturated heterocycles. The van der Waals surface area contributed by atoms with Crippen molar-refractivity contribution in [1.29, 1.82) is 0 Å². The van der Waals surface area contributed by atoms with E-state index in [0.29, 0.717) is 6.08 Å². The molecule has 0 heterocycles. The van der Waals surface area contributed by atoms with Crippen LogP contribution in [0.1, 0.15) is 0 Å². The molecule has 0 radical (unpaired) electrons. The van der Waals surface area contributed by atoms with Crippen molar-refractivity contribution in [2.75, 3.05) is 0 Å². The van der Waals surface area contributed by atoms with Crippen LogP contribution in [-0.4, -0.2) is 25.8 Å². The number of halogens is 3. The smallest absolute Gasteiger partial charge is 0.269 e. The van der Waals surface area contributed by atoms with Gasteiger partial charge in [0, 0.05) is 0 Å². The topological polar surface area (TPSA) is 80.6 Å². The lowest BCUT2D eigenvalue weighted by Gasteiger charge is -1.99. The molecule has 0 aromatic carbocycles. The van der Waals surface area contributed by atoms with Gasteiger partial charge in [-0.15, -0.1) is 0 Å². The van der Waals surface area contributed by atoms with E-state index >= 15 is 0 Å². The Morgan fingerprint density at radius 3 is 2.00 bits per heavy atom. The van der Waals surface area contributed by atoms with Crippen LogP contribution >= 0.6 is 0 Å². The Balaban J connectivity index is 5.11. The SMILES string of the molecule is O=C=NS(=O)(=O)C(=O)C(F)(F)F. The summed E-state index contributed by atoms with van der Waals surface area (Å²) in [4.78, 5) is 19.2. The van der Waals surface area contributed by atoms with Crippen LogP contribution in [-0.2, 0) is 19.6 Å². The number of carbonyl (C=O) groups is 1. The van der Waals surface area contributed by atoms with Gasteiger partial charge in [0.2, 0.25) is 0 Å². The normalized spacial score (nSPS) is 11.9. The average molecular weight is 203 g/mol. The fourth-order valence-electron chi connectivity index (χ4n) is 0.237. The summed E-state index contributed by atoms with van der Waals surface area (Å²) in [6, 6.07) is 0. The Kier molecular flexibility index (Phi) is 2.73. The van der Waals surface area contributed by atoms with Crippen molar-refractivity contribution >= 4 is 21.2 Å². The van der Waals surface area contributed by atoms with Gasteiger partial charge in [-0.05, 0) is 0 Å². The van der Waals surface area contributed by atoms with Crippen molar-refractivity contribution in [3.05, 3.63) is 0 Å². The molecule has 0 aromatic heterocycles. The van der Waals surface area contributed by atoms with Crippen molar-refractivity contribution in [3.63, 3.8) is 0 Å². The third kappa shape index (κ3) is 2.44. The van der Waals surface area contributed by atoms with E-state index < -0.39 is 21.3 Å². The second-order valence-corrected chi connectivity index (χ2v) is 2.95. The minimum absolute atomic E-state index is 0.327. The first kappa shape index (κ1) is 10.8. The molecule has 68 valence electrons. The number of alkyl halides is 3. The zero-order chi connectivity index (χ0) is 9.99. The Bertz CT molecular complexity index is 335. The average Bonchev–Trinajstić information content (AvgIpc) is 1.84. The summed E-state index contributed by atoms with van der Waals surface area (Å²) < 4.78 is 55.9. The maximum atomic E-state index is 11.3. The summed E-state index contributed by atoms with van der Waals surface area (Å²) in [6.45, 7) is 0. The number of isocyanates is 1. The van der Waals surface area contributed by atoms with Gasteiger partial charge in [0.05, 0.1) is 0 Å². The van der Waals surface area contributed by atoms with Crippen LogP contribution in [0.3, 0.4) is 0 Å². The van der Waals surface area contributed by atoms with Gasteiger partial charge in [0.15, 0.2) is 0 Å². The van der Waals surface area contributed by atoms with Gasteiger partial charge in [-0.25, -0.2) is 4.79 Å². The standard InChI is InChI=1S/C3F3NO4S/c4-3(5,6)2(9)12(10,11)7-1-8. The van der Waals surface area contributed by atoms with Crippen LogP contribution in [0.2, 0.25) is 0 Å². The Morgan fingerprint density at radius 2 is 1.75 bits per heavy atom. The molecule has 5 nitrogen and oxygen atoms in total. The molecule has 0 rings (SSSR count). The Hall–Kier alpha value is -1.21. The van der Waals surface area contributed by atoms with E-state index in [1.54, 1.807) is 4.40 Å². The third-order valence-electron chi connectivity index (χ3n) is 0.623. The molecule has 0 bridgehead atoms. The quantitative estimate of drug-likeness (QED) is 0.434. The van der Waals surface area contributed by atoms with E-state index in [1.165, 1.54) is 0 Å². The number of rotatable bonds is 1. The zero-order valence-electron chi connectivity index (χ0n) is 5.12. The first-order valence-corrected chi connectivity index (χ1v) is 3.61. The van der Waals surface area contributed by atoms with Crippen LogP contribution in [0.4, 0.5) is 13.2 Å². The van der Waals surface area contributed by atoms with Crippen molar-refractivity contribution < 1.29 is 31.2 Å². The van der Waals surface area contributed by atoms with Crippen molar-refractivity contribution in [3.8, 4) is 0 Å². The highest BCUT2D eigenvalue weighted by molar-refractivity contribution is 8.05. The molecule has 0 saturated carbocycles. The number of hydrogen-bond acceptors (Lipinski definition) is 4. The third-order valence-corrected chi connectivity index (χ3v) is 1.64. The van der Waals surface area contributed by atoms with Gasteiger partial charge >= 0.3 is 21.3 Å². The highest BCUT2D eigenvalue weighted by Crippen LogP contribution is 2.19. The van der Waals surface area contributed by atoms with Gasteiger partial charge in [-0.3, -0.25) is 4.79 Å². The lowest BCUT2D eigenvalue weighted by molar-refractivity contribution is -0.161. The lowest BCUT2D eigenvalue weighted by Crippen LogP contribution is -2.29. The van der Waals surface area contributed by atoms with E-state index in [0.717, 1.165) is 0 Å². The van der Waals surface area contributed by atoms with Crippen molar-refractivity contribution in [1.82, 2.24) is 0 Å². The van der Waals surface area contributed by atoms with Crippen LogP contribution in [0.5, 0.6) is 0 Å². The van der Waals surface area contributed by atoms with Crippen LogP contribution in [0.15, 0.2) is 4.40 Å². The van der Waals surface area contributed by atoms with Gasteiger partial charge in [0.25, 0.3) is 6.08 Å².